The highest BCUT2D eigenvalue weighted by molar-refractivity contribution is 6.09. The number of rotatable bonds is 5. The van der Waals surface area contributed by atoms with E-state index in [1.807, 2.05) is 72.8 Å². The molecule has 2 aliphatic heterocycles. The van der Waals surface area contributed by atoms with Gasteiger partial charge in [0.15, 0.2) is 11.5 Å². The number of carbonyl (C=O) groups excluding carboxylic acids is 2. The molecule has 0 fully saturated rings. The molecule has 0 saturated carbocycles. The Labute approximate surface area is 219 Å². The van der Waals surface area contributed by atoms with Gasteiger partial charge in [-0.2, -0.15) is 0 Å². The van der Waals surface area contributed by atoms with E-state index in [0.717, 1.165) is 22.3 Å². The molecule has 2 amide bonds. The topological polar surface area (TPSA) is 79.0 Å². The summed E-state index contributed by atoms with van der Waals surface area (Å²) in [5.74, 6) is -0.631. The average molecular weight is 505 g/mol. The summed E-state index contributed by atoms with van der Waals surface area (Å²) in [4.78, 5) is 35.2. The first-order chi connectivity index (χ1) is 18.5. The van der Waals surface area contributed by atoms with Crippen molar-refractivity contribution in [1.29, 1.82) is 0 Å². The third kappa shape index (κ3) is 3.84. The molecule has 0 aliphatic carbocycles. The quantitative estimate of drug-likeness (QED) is 0.432. The number of fused-ring (bicyclic) bond motifs is 1. The third-order valence-corrected chi connectivity index (χ3v) is 7.22. The second-order valence-corrected chi connectivity index (χ2v) is 9.54. The molecule has 38 heavy (non-hydrogen) atoms. The van der Waals surface area contributed by atoms with E-state index in [1.165, 1.54) is 11.0 Å². The van der Waals surface area contributed by atoms with Gasteiger partial charge in [0.1, 0.15) is 5.82 Å². The highest BCUT2D eigenvalue weighted by Gasteiger charge is 2.50. The molecule has 188 valence electrons. The number of nitrogens with two attached hydrogens (primary N) is 1. The van der Waals surface area contributed by atoms with Gasteiger partial charge in [0.25, 0.3) is 11.8 Å². The summed E-state index contributed by atoms with van der Waals surface area (Å²) in [6.45, 7) is 0.745. The van der Waals surface area contributed by atoms with Crippen LogP contribution in [0.1, 0.15) is 38.2 Å². The zero-order valence-electron chi connectivity index (χ0n) is 20.5. The van der Waals surface area contributed by atoms with Gasteiger partial charge in [-0.3, -0.25) is 14.5 Å². The first-order valence-electron chi connectivity index (χ1n) is 12.4. The second kappa shape index (κ2) is 9.27. The van der Waals surface area contributed by atoms with Gasteiger partial charge in [0, 0.05) is 24.2 Å². The zero-order valence-corrected chi connectivity index (χ0v) is 20.5. The minimum atomic E-state index is -1.29. The highest BCUT2D eigenvalue weighted by atomic mass is 19.1. The summed E-state index contributed by atoms with van der Waals surface area (Å²) in [7, 11) is 0. The van der Waals surface area contributed by atoms with Crippen molar-refractivity contribution in [3.8, 4) is 0 Å². The predicted octanol–water partition coefficient (Wildman–Crippen LogP) is 4.58. The minimum absolute atomic E-state index is 0.116. The third-order valence-electron chi connectivity index (χ3n) is 7.22. The zero-order chi connectivity index (χ0) is 26.3. The maximum absolute atomic E-state index is 14.2. The summed E-state index contributed by atoms with van der Waals surface area (Å²) >= 11 is 0. The Kier molecular flexibility index (Phi) is 5.76. The summed E-state index contributed by atoms with van der Waals surface area (Å²) in [5.41, 5.74) is 9.12. The standard InChI is InChI=1S/C31H25FN4O2/c32-27-16-8-11-23-19-35(20-26(23)27)28(37)22-10-7-9-21(17-22)18-36-29(38)31(34-30(36)33,24-12-3-1-4-13-24)25-14-5-2-6-15-25/h1-17H,18-20H2,(H2,33,34). The fourth-order valence-electron chi connectivity index (χ4n) is 5.33. The fraction of sp³-hybridized carbons (Fsp3) is 0.129. The van der Waals surface area contributed by atoms with Gasteiger partial charge in [0.2, 0.25) is 0 Å². The first-order valence-corrected chi connectivity index (χ1v) is 12.4. The van der Waals surface area contributed by atoms with E-state index < -0.39 is 5.54 Å². The van der Waals surface area contributed by atoms with Gasteiger partial charge in [-0.05, 0) is 40.5 Å². The highest BCUT2D eigenvalue weighted by Crippen LogP contribution is 2.40. The lowest BCUT2D eigenvalue weighted by atomic mass is 9.83. The predicted molar refractivity (Wildman–Crippen MR) is 142 cm³/mol. The molecule has 7 heteroatoms. The molecule has 0 atom stereocenters. The number of benzene rings is 4. The molecular weight excluding hydrogens is 479 g/mol. The number of amides is 2. The van der Waals surface area contributed by atoms with E-state index in [-0.39, 0.29) is 36.7 Å². The number of nitrogens with zero attached hydrogens (tertiary/aromatic N) is 3. The molecule has 0 aromatic heterocycles. The van der Waals surface area contributed by atoms with E-state index in [9.17, 15) is 14.0 Å². The lowest BCUT2D eigenvalue weighted by molar-refractivity contribution is -0.130. The van der Waals surface area contributed by atoms with Crippen molar-refractivity contribution in [3.63, 3.8) is 0 Å². The van der Waals surface area contributed by atoms with E-state index in [4.69, 9.17) is 10.7 Å². The van der Waals surface area contributed by atoms with Gasteiger partial charge < -0.3 is 10.6 Å². The molecule has 0 unspecified atom stereocenters. The van der Waals surface area contributed by atoms with Crippen molar-refractivity contribution in [3.05, 3.63) is 142 Å². The van der Waals surface area contributed by atoms with Gasteiger partial charge in [0.05, 0.1) is 6.54 Å². The lowest BCUT2D eigenvalue weighted by Gasteiger charge is -2.27. The van der Waals surface area contributed by atoms with E-state index in [0.29, 0.717) is 17.7 Å². The van der Waals surface area contributed by atoms with E-state index in [2.05, 4.69) is 0 Å². The van der Waals surface area contributed by atoms with Crippen molar-refractivity contribution in [2.24, 2.45) is 10.7 Å². The molecule has 2 N–H and O–H groups in total. The summed E-state index contributed by atoms with van der Waals surface area (Å²) < 4.78 is 14.2. The van der Waals surface area contributed by atoms with Crippen LogP contribution in [-0.2, 0) is 30.0 Å². The molecular formula is C31H25FN4O2. The number of guanidine groups is 1. The Hall–Kier alpha value is -4.78. The summed E-state index contributed by atoms with van der Waals surface area (Å²) in [6.07, 6.45) is 0. The molecule has 0 radical (unpaired) electrons. The molecule has 2 heterocycles. The van der Waals surface area contributed by atoms with E-state index in [1.54, 1.807) is 29.2 Å². The van der Waals surface area contributed by atoms with Crippen LogP contribution in [-0.4, -0.2) is 27.6 Å². The van der Waals surface area contributed by atoms with Crippen molar-refractivity contribution in [2.75, 3.05) is 0 Å². The van der Waals surface area contributed by atoms with E-state index >= 15 is 0 Å². The number of carbonyl (C=O) groups is 2. The monoisotopic (exact) mass is 504 g/mol. The van der Waals surface area contributed by atoms with Crippen LogP contribution in [0.15, 0.2) is 108 Å². The lowest BCUT2D eigenvalue weighted by Crippen LogP contribution is -2.43. The van der Waals surface area contributed by atoms with Gasteiger partial charge in [-0.1, -0.05) is 84.9 Å². The fourth-order valence-corrected chi connectivity index (χ4v) is 5.33. The number of hydrogen-bond acceptors (Lipinski definition) is 4. The Morgan fingerprint density at radius 3 is 2.18 bits per heavy atom. The van der Waals surface area contributed by atoms with Crippen LogP contribution in [0.4, 0.5) is 4.39 Å². The van der Waals surface area contributed by atoms with Crippen LogP contribution in [0.5, 0.6) is 0 Å². The number of halogens is 1. The molecule has 0 spiro atoms. The molecule has 6 rings (SSSR count). The summed E-state index contributed by atoms with van der Waals surface area (Å²) in [6, 6.07) is 30.8. The second-order valence-electron chi connectivity index (χ2n) is 9.54. The molecule has 0 saturated heterocycles. The SMILES string of the molecule is NC1=NC(c2ccccc2)(c2ccccc2)C(=O)N1Cc1cccc(C(=O)N2Cc3cccc(F)c3C2)c1. The van der Waals surface area contributed by atoms with Crippen molar-refractivity contribution in [2.45, 2.75) is 25.2 Å². The minimum Gasteiger partial charge on any atom is -0.369 e. The Balaban J connectivity index is 1.28. The van der Waals surface area contributed by atoms with Crippen LogP contribution in [0.2, 0.25) is 0 Å². The van der Waals surface area contributed by atoms with Crippen LogP contribution < -0.4 is 5.73 Å². The van der Waals surface area contributed by atoms with Crippen LogP contribution in [0, 0.1) is 5.82 Å². The number of aliphatic imine (C=N–C) groups is 1. The van der Waals surface area contributed by atoms with Crippen LogP contribution in [0.3, 0.4) is 0 Å². The molecule has 4 aromatic carbocycles. The molecule has 2 aliphatic rings. The average Bonchev–Trinajstić information content (AvgIpc) is 3.50. The Morgan fingerprint density at radius 1 is 0.868 bits per heavy atom. The maximum Gasteiger partial charge on any atom is 0.266 e. The van der Waals surface area contributed by atoms with Gasteiger partial charge >= 0.3 is 0 Å². The Morgan fingerprint density at radius 2 is 1.53 bits per heavy atom. The normalized spacial score (nSPS) is 15.9. The van der Waals surface area contributed by atoms with Crippen molar-refractivity contribution < 1.29 is 14.0 Å². The smallest absolute Gasteiger partial charge is 0.266 e. The number of hydrogen-bond donors (Lipinski definition) is 1. The molecule has 6 nitrogen and oxygen atoms in total. The van der Waals surface area contributed by atoms with Crippen molar-refractivity contribution in [1.82, 2.24) is 9.80 Å². The Bertz CT molecular complexity index is 1530. The van der Waals surface area contributed by atoms with Gasteiger partial charge in [-0.15, -0.1) is 0 Å². The maximum atomic E-state index is 14.2. The van der Waals surface area contributed by atoms with Crippen LogP contribution >= 0.6 is 0 Å². The molecule has 0 bridgehead atoms. The van der Waals surface area contributed by atoms with Crippen molar-refractivity contribution >= 4 is 17.8 Å². The summed E-state index contributed by atoms with van der Waals surface area (Å²) in [5, 5.41) is 0. The van der Waals surface area contributed by atoms with Crippen LogP contribution in [0.25, 0.3) is 0 Å². The first kappa shape index (κ1) is 23.6. The largest absolute Gasteiger partial charge is 0.369 e. The van der Waals surface area contributed by atoms with Gasteiger partial charge in [-0.25, -0.2) is 9.38 Å². The molecule has 4 aromatic rings.